The molecule has 1 saturated carbocycles. The number of nitrogens with one attached hydrogen (secondary N) is 2. The summed E-state index contributed by atoms with van der Waals surface area (Å²) >= 11 is 0. The second kappa shape index (κ2) is 7.90. The van der Waals surface area contributed by atoms with Crippen LogP contribution in [0.25, 0.3) is 0 Å². The van der Waals surface area contributed by atoms with E-state index in [2.05, 4.69) is 10.2 Å². The molecule has 2 aromatic carbocycles. The average Bonchev–Trinajstić information content (AvgIpc) is 3.52. The molecule has 0 unspecified atom stereocenters. The van der Waals surface area contributed by atoms with E-state index in [0.717, 1.165) is 54.8 Å². The van der Waals surface area contributed by atoms with Crippen molar-refractivity contribution in [1.29, 1.82) is 5.41 Å². The number of aliphatic imine (C=N–C) groups is 1. The SMILES string of the molecule is CN1C(=N)c2c(nn(Cc3ccc(C(C)(F)F)cc3)c2Nc2ccccc2)N2C1=N[C@@H]1CCC[C@@H]12. The van der Waals surface area contributed by atoms with Crippen LogP contribution in [0, 0.1) is 5.41 Å². The number of aromatic nitrogens is 2. The number of nitrogens with zero attached hydrogens (tertiary/aromatic N) is 5. The molecule has 7 nitrogen and oxygen atoms in total. The van der Waals surface area contributed by atoms with Crippen molar-refractivity contribution in [2.24, 2.45) is 4.99 Å². The predicted molar refractivity (Wildman–Crippen MR) is 133 cm³/mol. The molecule has 0 spiro atoms. The van der Waals surface area contributed by atoms with Crippen LogP contribution < -0.4 is 10.2 Å². The maximum atomic E-state index is 13.7. The smallest absolute Gasteiger partial charge is 0.270 e. The summed E-state index contributed by atoms with van der Waals surface area (Å²) in [6, 6.07) is 16.6. The minimum absolute atomic E-state index is 0.0164. The molecule has 2 aliphatic heterocycles. The van der Waals surface area contributed by atoms with E-state index in [1.54, 1.807) is 12.1 Å². The van der Waals surface area contributed by atoms with Gasteiger partial charge in [-0.05, 0) is 37.0 Å². The van der Waals surface area contributed by atoms with E-state index < -0.39 is 5.92 Å². The van der Waals surface area contributed by atoms with Crippen LogP contribution in [0.1, 0.15) is 42.9 Å². The van der Waals surface area contributed by atoms with Gasteiger partial charge in [0.05, 0.1) is 18.6 Å². The summed E-state index contributed by atoms with van der Waals surface area (Å²) in [5, 5.41) is 17.4. The molecule has 0 amide bonds. The molecule has 3 aromatic rings. The summed E-state index contributed by atoms with van der Waals surface area (Å²) in [5.74, 6) is -0.333. The number of anilines is 3. The van der Waals surface area contributed by atoms with Crippen molar-refractivity contribution in [1.82, 2.24) is 14.7 Å². The molecule has 0 bridgehead atoms. The highest BCUT2D eigenvalue weighted by molar-refractivity contribution is 6.22. The zero-order valence-corrected chi connectivity index (χ0v) is 19.7. The standard InChI is InChI=1S/C26H27F2N7/c1-26(27,28)17-13-11-16(12-14-17)15-34-23(30-18-7-4-3-5-8-18)21-22(29)33(2)25-31-19-9-6-10-20(19)35(25)24(21)32-34/h3-5,7-8,11-14,19-20,29-30H,6,9-10,15H2,1-2H3/t19-,20+/m1/s1. The Balaban J connectivity index is 1.45. The lowest BCUT2D eigenvalue weighted by molar-refractivity contribution is 0.0174. The third-order valence-electron chi connectivity index (χ3n) is 7.14. The minimum atomic E-state index is -2.88. The number of benzene rings is 2. The fraction of sp³-hybridized carbons (Fsp3) is 0.346. The number of rotatable bonds is 5. The first-order chi connectivity index (χ1) is 16.8. The summed E-state index contributed by atoms with van der Waals surface area (Å²) in [7, 11) is 1.88. The highest BCUT2D eigenvalue weighted by Crippen LogP contribution is 2.43. The number of para-hydroxylation sites is 1. The fourth-order valence-corrected chi connectivity index (χ4v) is 5.31. The number of fused-ring (bicyclic) bond motifs is 5. The second-order valence-corrected chi connectivity index (χ2v) is 9.55. The molecule has 1 aliphatic carbocycles. The normalized spacial score (nSPS) is 21.0. The molecule has 1 aromatic heterocycles. The van der Waals surface area contributed by atoms with E-state index in [1.165, 1.54) is 12.1 Å². The van der Waals surface area contributed by atoms with Crippen LogP contribution >= 0.6 is 0 Å². The zero-order chi connectivity index (χ0) is 24.3. The van der Waals surface area contributed by atoms with Crippen molar-refractivity contribution in [2.75, 3.05) is 17.3 Å². The number of hydrogen-bond acceptors (Lipinski definition) is 5. The predicted octanol–water partition coefficient (Wildman–Crippen LogP) is 5.15. The van der Waals surface area contributed by atoms with Gasteiger partial charge >= 0.3 is 0 Å². The van der Waals surface area contributed by atoms with E-state index in [0.29, 0.717) is 18.2 Å². The van der Waals surface area contributed by atoms with Gasteiger partial charge in [0.25, 0.3) is 5.92 Å². The van der Waals surface area contributed by atoms with Crippen molar-refractivity contribution in [3.8, 4) is 0 Å². The fourth-order valence-electron chi connectivity index (χ4n) is 5.31. The Bertz CT molecular complexity index is 1310. The first-order valence-electron chi connectivity index (χ1n) is 11.9. The van der Waals surface area contributed by atoms with E-state index in [4.69, 9.17) is 15.5 Å². The number of alkyl halides is 2. The van der Waals surface area contributed by atoms with Gasteiger partial charge in [-0.25, -0.2) is 18.5 Å². The van der Waals surface area contributed by atoms with Crippen molar-refractivity contribution in [3.63, 3.8) is 0 Å². The van der Waals surface area contributed by atoms with Crippen LogP contribution in [-0.4, -0.2) is 45.6 Å². The van der Waals surface area contributed by atoms with Gasteiger partial charge in [-0.2, -0.15) is 5.10 Å². The van der Waals surface area contributed by atoms with Crippen LogP contribution in [0.4, 0.5) is 26.1 Å². The molecule has 0 saturated heterocycles. The van der Waals surface area contributed by atoms with Crippen LogP contribution in [-0.2, 0) is 12.5 Å². The lowest BCUT2D eigenvalue weighted by Gasteiger charge is -2.35. The van der Waals surface area contributed by atoms with Crippen LogP contribution in [0.3, 0.4) is 0 Å². The van der Waals surface area contributed by atoms with E-state index in [-0.39, 0.29) is 17.6 Å². The number of halogens is 2. The van der Waals surface area contributed by atoms with Crippen LogP contribution in [0.2, 0.25) is 0 Å². The maximum absolute atomic E-state index is 13.7. The molecule has 3 aliphatic rings. The topological polar surface area (TPSA) is 72.5 Å². The van der Waals surface area contributed by atoms with E-state index in [1.807, 2.05) is 47.0 Å². The Morgan fingerprint density at radius 3 is 2.54 bits per heavy atom. The van der Waals surface area contributed by atoms with E-state index in [9.17, 15) is 8.78 Å². The summed E-state index contributed by atoms with van der Waals surface area (Å²) < 4.78 is 29.3. The van der Waals surface area contributed by atoms with E-state index >= 15 is 0 Å². The zero-order valence-electron chi connectivity index (χ0n) is 19.7. The Morgan fingerprint density at radius 2 is 1.83 bits per heavy atom. The third kappa shape index (κ3) is 3.57. The summed E-state index contributed by atoms with van der Waals surface area (Å²) in [5.41, 5.74) is 2.44. The first-order valence-corrected chi connectivity index (χ1v) is 11.9. The van der Waals surface area contributed by atoms with Gasteiger partial charge in [-0.15, -0.1) is 0 Å². The van der Waals surface area contributed by atoms with Gasteiger partial charge in [-0.3, -0.25) is 15.2 Å². The summed E-state index contributed by atoms with van der Waals surface area (Å²) in [4.78, 5) is 8.96. The molecule has 35 heavy (non-hydrogen) atoms. The van der Waals surface area contributed by atoms with Crippen molar-refractivity contribution >= 4 is 29.1 Å². The summed E-state index contributed by atoms with van der Waals surface area (Å²) in [6.45, 7) is 1.28. The van der Waals surface area contributed by atoms with Gasteiger partial charge in [0.15, 0.2) is 5.82 Å². The Kier molecular flexibility index (Phi) is 4.91. The van der Waals surface area contributed by atoms with Gasteiger partial charge in [0, 0.05) is 25.2 Å². The third-order valence-corrected chi connectivity index (χ3v) is 7.14. The highest BCUT2D eigenvalue weighted by Gasteiger charge is 2.48. The van der Waals surface area contributed by atoms with Crippen LogP contribution in [0.15, 0.2) is 59.6 Å². The van der Waals surface area contributed by atoms with Gasteiger partial charge < -0.3 is 5.32 Å². The largest absolute Gasteiger partial charge is 0.340 e. The highest BCUT2D eigenvalue weighted by atomic mass is 19.3. The Labute approximate surface area is 202 Å². The molecular formula is C26H27F2N7. The first kappa shape index (κ1) is 21.8. The molecular weight excluding hydrogens is 448 g/mol. The quantitative estimate of drug-likeness (QED) is 0.535. The van der Waals surface area contributed by atoms with Crippen molar-refractivity contribution in [3.05, 3.63) is 71.3 Å². The number of guanidine groups is 1. The molecule has 2 atom stereocenters. The molecule has 1 fully saturated rings. The van der Waals surface area contributed by atoms with Gasteiger partial charge in [-0.1, -0.05) is 42.5 Å². The monoisotopic (exact) mass is 475 g/mol. The molecule has 2 N–H and O–H groups in total. The maximum Gasteiger partial charge on any atom is 0.270 e. The molecule has 180 valence electrons. The molecule has 6 rings (SSSR count). The second-order valence-electron chi connectivity index (χ2n) is 9.55. The van der Waals surface area contributed by atoms with Crippen molar-refractivity contribution in [2.45, 2.75) is 50.7 Å². The Morgan fingerprint density at radius 1 is 1.09 bits per heavy atom. The lowest BCUT2D eigenvalue weighted by atomic mass is 10.1. The summed E-state index contributed by atoms with van der Waals surface area (Å²) in [6.07, 6.45) is 3.22. The van der Waals surface area contributed by atoms with Gasteiger partial charge in [0.2, 0.25) is 5.96 Å². The van der Waals surface area contributed by atoms with Gasteiger partial charge in [0.1, 0.15) is 17.2 Å². The lowest BCUT2D eigenvalue weighted by Crippen LogP contribution is -2.51. The molecule has 3 heterocycles. The molecule has 0 radical (unpaired) electrons. The minimum Gasteiger partial charge on any atom is -0.340 e. The Hall–Kier alpha value is -3.75. The number of amidine groups is 1. The van der Waals surface area contributed by atoms with Crippen molar-refractivity contribution < 1.29 is 8.78 Å². The molecule has 9 heteroatoms. The average molecular weight is 476 g/mol. The number of hydrogen-bond donors (Lipinski definition) is 2. The van der Waals surface area contributed by atoms with Crippen LogP contribution in [0.5, 0.6) is 0 Å².